The van der Waals surface area contributed by atoms with Gasteiger partial charge in [0.2, 0.25) is 0 Å². The summed E-state index contributed by atoms with van der Waals surface area (Å²) in [5.41, 5.74) is 7.99. The largest absolute Gasteiger partial charge is 0.0985 e. The highest BCUT2D eigenvalue weighted by Gasteiger charge is 1.99. The highest BCUT2D eigenvalue weighted by atomic mass is 14.0. The lowest BCUT2D eigenvalue weighted by Gasteiger charge is -2.05. The molecule has 148 valence electrons. The van der Waals surface area contributed by atoms with Crippen molar-refractivity contribution in [1.82, 2.24) is 0 Å². The Morgan fingerprint density at radius 3 is 2.10 bits per heavy atom. The van der Waals surface area contributed by atoms with Gasteiger partial charge < -0.3 is 0 Å². The van der Waals surface area contributed by atoms with E-state index in [2.05, 4.69) is 112 Å². The van der Waals surface area contributed by atoms with Crippen molar-refractivity contribution in [2.75, 3.05) is 0 Å². The van der Waals surface area contributed by atoms with Crippen molar-refractivity contribution in [3.63, 3.8) is 0 Å². The third-order valence-corrected chi connectivity index (χ3v) is 5.07. The SMILES string of the molecule is C.C=Cc1cc(C)c2cc(C)ccc2c1.Cc1ccccc1Cc1ccccc1. The van der Waals surface area contributed by atoms with Gasteiger partial charge in [0.1, 0.15) is 0 Å². The molecular weight excluding hydrogens is 348 g/mol. The monoisotopic (exact) mass is 380 g/mol. The molecule has 0 aliphatic heterocycles. The van der Waals surface area contributed by atoms with E-state index in [0.29, 0.717) is 0 Å². The molecule has 29 heavy (non-hydrogen) atoms. The van der Waals surface area contributed by atoms with Gasteiger partial charge in [-0.05, 0) is 71.8 Å². The van der Waals surface area contributed by atoms with E-state index >= 15 is 0 Å². The van der Waals surface area contributed by atoms with Crippen LogP contribution in [0.2, 0.25) is 0 Å². The second-order valence-electron chi connectivity index (χ2n) is 7.36. The molecule has 4 aromatic rings. The second-order valence-corrected chi connectivity index (χ2v) is 7.36. The maximum atomic E-state index is 3.80. The van der Waals surface area contributed by atoms with Crippen LogP contribution in [0.5, 0.6) is 0 Å². The molecule has 0 bridgehead atoms. The van der Waals surface area contributed by atoms with Gasteiger partial charge in [-0.3, -0.25) is 0 Å². The van der Waals surface area contributed by atoms with E-state index in [1.807, 2.05) is 6.08 Å². The zero-order chi connectivity index (χ0) is 19.9. The molecule has 0 amide bonds. The van der Waals surface area contributed by atoms with Crippen LogP contribution in [0, 0.1) is 20.8 Å². The Kier molecular flexibility index (Phi) is 7.98. The van der Waals surface area contributed by atoms with E-state index < -0.39 is 0 Å². The lowest BCUT2D eigenvalue weighted by molar-refractivity contribution is 1.16. The minimum absolute atomic E-state index is 0. The van der Waals surface area contributed by atoms with Gasteiger partial charge in [0.15, 0.2) is 0 Å². The predicted octanol–water partition coefficient (Wildman–Crippen LogP) is 8.32. The molecule has 0 heteroatoms. The van der Waals surface area contributed by atoms with Crippen molar-refractivity contribution in [3.05, 3.63) is 125 Å². The van der Waals surface area contributed by atoms with Gasteiger partial charge >= 0.3 is 0 Å². The van der Waals surface area contributed by atoms with Crippen molar-refractivity contribution in [1.29, 1.82) is 0 Å². The average Bonchev–Trinajstić information content (AvgIpc) is 2.71. The van der Waals surface area contributed by atoms with Gasteiger partial charge in [0, 0.05) is 0 Å². The van der Waals surface area contributed by atoms with E-state index in [1.165, 1.54) is 44.2 Å². The van der Waals surface area contributed by atoms with Crippen LogP contribution in [-0.2, 0) is 6.42 Å². The summed E-state index contributed by atoms with van der Waals surface area (Å²) in [4.78, 5) is 0. The molecule has 0 aliphatic carbocycles. The van der Waals surface area contributed by atoms with Crippen molar-refractivity contribution in [2.45, 2.75) is 34.6 Å². The molecule has 0 atom stereocenters. The minimum atomic E-state index is 0. The fraction of sp³-hybridized carbons (Fsp3) is 0.172. The summed E-state index contributed by atoms with van der Waals surface area (Å²) in [5, 5.41) is 2.64. The lowest BCUT2D eigenvalue weighted by atomic mass is 10.00. The molecule has 0 saturated heterocycles. The van der Waals surface area contributed by atoms with Gasteiger partial charge in [0.25, 0.3) is 0 Å². The number of hydrogen-bond donors (Lipinski definition) is 0. The highest BCUT2D eigenvalue weighted by Crippen LogP contribution is 2.22. The molecule has 0 N–H and O–H groups in total. The fourth-order valence-corrected chi connectivity index (χ4v) is 3.43. The molecule has 4 rings (SSSR count). The molecule has 0 aromatic heterocycles. The first-order valence-electron chi connectivity index (χ1n) is 9.78. The maximum absolute atomic E-state index is 3.80. The van der Waals surface area contributed by atoms with Gasteiger partial charge in [-0.1, -0.05) is 105 Å². The van der Waals surface area contributed by atoms with Crippen molar-refractivity contribution < 1.29 is 0 Å². The third kappa shape index (κ3) is 5.93. The second kappa shape index (κ2) is 10.4. The number of benzene rings is 4. The summed E-state index contributed by atoms with van der Waals surface area (Å²) in [7, 11) is 0. The highest BCUT2D eigenvalue weighted by molar-refractivity contribution is 5.88. The number of fused-ring (bicyclic) bond motifs is 1. The lowest BCUT2D eigenvalue weighted by Crippen LogP contribution is -1.90. The summed E-state index contributed by atoms with van der Waals surface area (Å²) in [6, 6.07) is 30.0. The van der Waals surface area contributed by atoms with Gasteiger partial charge in [-0.25, -0.2) is 0 Å². The van der Waals surface area contributed by atoms with Crippen LogP contribution >= 0.6 is 0 Å². The summed E-state index contributed by atoms with van der Waals surface area (Å²) in [6.07, 6.45) is 2.93. The standard InChI is InChI=1S/2C14H14.CH4/c1-4-12-8-11(3)14-7-10(2)5-6-13(14)9-12;1-12-7-5-6-10-14(12)11-13-8-3-2-4-9-13;/h4-9H,1H2,2-3H3;2-10H,11H2,1H3;1H4. The Balaban J connectivity index is 0.000000200. The molecule has 0 saturated carbocycles. The van der Waals surface area contributed by atoms with Crippen LogP contribution in [0.15, 0.2) is 91.5 Å². The van der Waals surface area contributed by atoms with Gasteiger partial charge in [0.05, 0.1) is 0 Å². The van der Waals surface area contributed by atoms with Gasteiger partial charge in [-0.2, -0.15) is 0 Å². The topological polar surface area (TPSA) is 0 Å². The van der Waals surface area contributed by atoms with E-state index in [-0.39, 0.29) is 7.43 Å². The zero-order valence-corrected chi connectivity index (χ0v) is 17.1. The Bertz CT molecular complexity index is 1070. The number of hydrogen-bond acceptors (Lipinski definition) is 0. The molecule has 0 spiro atoms. The number of aryl methyl sites for hydroxylation is 3. The van der Waals surface area contributed by atoms with E-state index in [1.54, 1.807) is 0 Å². The molecule has 0 unspecified atom stereocenters. The molecular formula is C29H32. The first-order chi connectivity index (χ1) is 13.6. The Labute approximate surface area is 176 Å². The van der Waals surface area contributed by atoms with E-state index in [9.17, 15) is 0 Å². The van der Waals surface area contributed by atoms with Crippen LogP contribution in [0.1, 0.15) is 40.8 Å². The molecule has 0 radical (unpaired) electrons. The normalized spacial score (nSPS) is 9.90. The zero-order valence-electron chi connectivity index (χ0n) is 17.1. The molecule has 0 aliphatic rings. The summed E-state index contributed by atoms with van der Waals surface area (Å²) in [6.45, 7) is 10.2. The van der Waals surface area contributed by atoms with Crippen LogP contribution < -0.4 is 0 Å². The Morgan fingerprint density at radius 1 is 0.724 bits per heavy atom. The summed E-state index contributed by atoms with van der Waals surface area (Å²) in [5.74, 6) is 0. The van der Waals surface area contributed by atoms with Crippen LogP contribution in [0.25, 0.3) is 16.8 Å². The first-order valence-corrected chi connectivity index (χ1v) is 9.78. The van der Waals surface area contributed by atoms with E-state index in [4.69, 9.17) is 0 Å². The molecule has 0 nitrogen and oxygen atoms in total. The van der Waals surface area contributed by atoms with Crippen molar-refractivity contribution in [3.8, 4) is 0 Å². The fourth-order valence-electron chi connectivity index (χ4n) is 3.43. The minimum Gasteiger partial charge on any atom is -0.0985 e. The van der Waals surface area contributed by atoms with Crippen LogP contribution in [-0.4, -0.2) is 0 Å². The van der Waals surface area contributed by atoms with Crippen LogP contribution in [0.3, 0.4) is 0 Å². The van der Waals surface area contributed by atoms with Crippen LogP contribution in [0.4, 0.5) is 0 Å². The summed E-state index contributed by atoms with van der Waals surface area (Å²) >= 11 is 0. The Hall–Kier alpha value is -3.12. The smallest absolute Gasteiger partial charge is 0.00232 e. The Morgan fingerprint density at radius 2 is 1.41 bits per heavy atom. The quantitative estimate of drug-likeness (QED) is 0.335. The molecule has 0 heterocycles. The van der Waals surface area contributed by atoms with E-state index in [0.717, 1.165) is 6.42 Å². The maximum Gasteiger partial charge on any atom is -0.00232 e. The predicted molar refractivity (Wildman–Crippen MR) is 131 cm³/mol. The number of rotatable bonds is 3. The molecule has 4 aromatic carbocycles. The molecule has 0 fully saturated rings. The van der Waals surface area contributed by atoms with Gasteiger partial charge in [-0.15, -0.1) is 0 Å². The van der Waals surface area contributed by atoms with Crippen molar-refractivity contribution in [2.24, 2.45) is 0 Å². The first kappa shape index (κ1) is 22.2. The summed E-state index contributed by atoms with van der Waals surface area (Å²) < 4.78 is 0. The van der Waals surface area contributed by atoms with Crippen molar-refractivity contribution >= 4 is 16.8 Å². The third-order valence-electron chi connectivity index (χ3n) is 5.07. The average molecular weight is 381 g/mol.